The standard InChI is InChI=1S/C13H22N2O/c1-10(2)8-13(16)15-12(9-14)11-6-4-3-5-7-11/h10-12H,3-8H2,1-2H3,(H,15,16). The van der Waals surface area contributed by atoms with Crippen LogP contribution in [0.4, 0.5) is 0 Å². The number of carbonyl (C=O) groups excluding carboxylic acids is 1. The van der Waals surface area contributed by atoms with Gasteiger partial charge in [-0.25, -0.2) is 0 Å². The van der Waals surface area contributed by atoms with Crippen molar-refractivity contribution >= 4 is 5.91 Å². The van der Waals surface area contributed by atoms with Crippen molar-refractivity contribution in [2.24, 2.45) is 11.8 Å². The molecule has 3 nitrogen and oxygen atoms in total. The average molecular weight is 222 g/mol. The number of nitriles is 1. The van der Waals surface area contributed by atoms with Crippen molar-refractivity contribution in [3.8, 4) is 6.07 Å². The van der Waals surface area contributed by atoms with Crippen LogP contribution in [0.1, 0.15) is 52.4 Å². The summed E-state index contributed by atoms with van der Waals surface area (Å²) in [6.45, 7) is 4.03. The molecule has 1 aliphatic rings. The molecule has 0 aromatic heterocycles. The highest BCUT2D eigenvalue weighted by molar-refractivity contribution is 5.76. The van der Waals surface area contributed by atoms with Gasteiger partial charge in [-0.2, -0.15) is 5.26 Å². The highest BCUT2D eigenvalue weighted by Gasteiger charge is 2.24. The van der Waals surface area contributed by atoms with Gasteiger partial charge >= 0.3 is 0 Å². The predicted molar refractivity (Wildman–Crippen MR) is 63.6 cm³/mol. The second-order valence-electron chi connectivity index (χ2n) is 5.17. The second kappa shape index (κ2) is 6.52. The summed E-state index contributed by atoms with van der Waals surface area (Å²) < 4.78 is 0. The molecule has 0 spiro atoms. The summed E-state index contributed by atoms with van der Waals surface area (Å²) in [4.78, 5) is 11.6. The molecule has 1 rings (SSSR count). The molecule has 0 radical (unpaired) electrons. The second-order valence-corrected chi connectivity index (χ2v) is 5.17. The van der Waals surface area contributed by atoms with Gasteiger partial charge in [-0.1, -0.05) is 33.1 Å². The van der Waals surface area contributed by atoms with Gasteiger partial charge in [-0.3, -0.25) is 4.79 Å². The first-order valence-electron chi connectivity index (χ1n) is 6.32. The number of nitrogens with one attached hydrogen (secondary N) is 1. The molecule has 1 aliphatic carbocycles. The smallest absolute Gasteiger partial charge is 0.221 e. The van der Waals surface area contributed by atoms with Gasteiger partial charge in [-0.15, -0.1) is 0 Å². The lowest BCUT2D eigenvalue weighted by Crippen LogP contribution is -2.40. The molecule has 0 aromatic rings. The van der Waals surface area contributed by atoms with E-state index in [0.717, 1.165) is 12.8 Å². The maximum Gasteiger partial charge on any atom is 0.221 e. The van der Waals surface area contributed by atoms with Crippen molar-refractivity contribution in [2.45, 2.75) is 58.4 Å². The van der Waals surface area contributed by atoms with Crippen molar-refractivity contribution in [1.82, 2.24) is 5.32 Å². The first kappa shape index (κ1) is 13.0. The van der Waals surface area contributed by atoms with E-state index in [0.29, 0.717) is 18.3 Å². The Labute approximate surface area is 98.2 Å². The molecule has 0 aliphatic heterocycles. The quantitative estimate of drug-likeness (QED) is 0.795. The lowest BCUT2D eigenvalue weighted by atomic mass is 9.84. The van der Waals surface area contributed by atoms with Gasteiger partial charge in [0.1, 0.15) is 6.04 Å². The number of nitrogens with zero attached hydrogens (tertiary/aromatic N) is 1. The molecule has 3 heteroatoms. The van der Waals surface area contributed by atoms with Gasteiger partial charge < -0.3 is 5.32 Å². The Morgan fingerprint density at radius 3 is 2.50 bits per heavy atom. The normalized spacial score (nSPS) is 19.1. The molecule has 1 fully saturated rings. The van der Waals surface area contributed by atoms with E-state index in [1.807, 2.05) is 13.8 Å². The van der Waals surface area contributed by atoms with Crippen LogP contribution in [0, 0.1) is 23.2 Å². The number of hydrogen-bond acceptors (Lipinski definition) is 2. The number of carbonyl (C=O) groups is 1. The van der Waals surface area contributed by atoms with E-state index < -0.39 is 0 Å². The van der Waals surface area contributed by atoms with Crippen molar-refractivity contribution in [3.63, 3.8) is 0 Å². The number of amides is 1. The Morgan fingerprint density at radius 2 is 2.00 bits per heavy atom. The summed E-state index contributed by atoms with van der Waals surface area (Å²) in [6.07, 6.45) is 6.35. The molecule has 0 heterocycles. The van der Waals surface area contributed by atoms with Crippen molar-refractivity contribution in [3.05, 3.63) is 0 Å². The molecule has 0 bridgehead atoms. The van der Waals surface area contributed by atoms with Crippen molar-refractivity contribution in [2.75, 3.05) is 0 Å². The third kappa shape index (κ3) is 4.22. The topological polar surface area (TPSA) is 52.9 Å². The Bertz CT molecular complexity index is 262. The minimum atomic E-state index is -0.272. The van der Waals surface area contributed by atoms with Gasteiger partial charge in [0.2, 0.25) is 5.91 Å². The van der Waals surface area contributed by atoms with Crippen molar-refractivity contribution < 1.29 is 4.79 Å². The zero-order valence-corrected chi connectivity index (χ0v) is 10.3. The fourth-order valence-electron chi connectivity index (χ4n) is 2.33. The van der Waals surface area contributed by atoms with Crippen LogP contribution in [0.15, 0.2) is 0 Å². The molecular weight excluding hydrogens is 200 g/mol. The van der Waals surface area contributed by atoms with Gasteiger partial charge in [-0.05, 0) is 24.7 Å². The van der Waals surface area contributed by atoms with E-state index in [-0.39, 0.29) is 11.9 Å². The van der Waals surface area contributed by atoms with E-state index in [1.165, 1.54) is 19.3 Å². The fraction of sp³-hybridized carbons (Fsp3) is 0.846. The van der Waals surface area contributed by atoms with Crippen LogP contribution >= 0.6 is 0 Å². The Kier molecular flexibility index (Phi) is 5.31. The van der Waals surface area contributed by atoms with Crippen LogP contribution in [-0.2, 0) is 4.79 Å². The lowest BCUT2D eigenvalue weighted by molar-refractivity contribution is -0.122. The summed E-state index contributed by atoms with van der Waals surface area (Å²) in [5.74, 6) is 0.743. The largest absolute Gasteiger partial charge is 0.340 e. The van der Waals surface area contributed by atoms with Gasteiger partial charge in [0.25, 0.3) is 0 Å². The average Bonchev–Trinajstić information content (AvgIpc) is 2.26. The summed E-state index contributed by atoms with van der Waals surface area (Å²) in [7, 11) is 0. The molecular formula is C13H22N2O. The molecule has 0 saturated heterocycles. The SMILES string of the molecule is CC(C)CC(=O)NC(C#N)C1CCCCC1. The van der Waals surface area contributed by atoms with Gasteiger partial charge in [0.05, 0.1) is 6.07 Å². The molecule has 1 unspecified atom stereocenters. The monoisotopic (exact) mass is 222 g/mol. The number of hydrogen-bond donors (Lipinski definition) is 1. The van der Waals surface area contributed by atoms with Crippen LogP contribution in [0.3, 0.4) is 0 Å². The van der Waals surface area contributed by atoms with E-state index in [9.17, 15) is 4.79 Å². The summed E-state index contributed by atoms with van der Waals surface area (Å²) in [6, 6.07) is 1.97. The van der Waals surface area contributed by atoms with Crippen LogP contribution < -0.4 is 5.32 Å². The van der Waals surface area contributed by atoms with E-state index >= 15 is 0 Å². The molecule has 0 aromatic carbocycles. The summed E-state index contributed by atoms with van der Waals surface area (Å²) in [5.41, 5.74) is 0. The third-order valence-corrected chi connectivity index (χ3v) is 3.17. The highest BCUT2D eigenvalue weighted by Crippen LogP contribution is 2.26. The maximum atomic E-state index is 11.6. The van der Waals surface area contributed by atoms with Gasteiger partial charge in [0, 0.05) is 6.42 Å². The Balaban J connectivity index is 2.42. The first-order chi connectivity index (χ1) is 7.63. The van der Waals surface area contributed by atoms with Gasteiger partial charge in [0.15, 0.2) is 0 Å². The van der Waals surface area contributed by atoms with Crippen LogP contribution in [0.5, 0.6) is 0 Å². The first-order valence-corrected chi connectivity index (χ1v) is 6.32. The molecule has 16 heavy (non-hydrogen) atoms. The number of rotatable bonds is 4. The third-order valence-electron chi connectivity index (χ3n) is 3.17. The highest BCUT2D eigenvalue weighted by atomic mass is 16.1. The van der Waals surface area contributed by atoms with Crippen LogP contribution in [-0.4, -0.2) is 11.9 Å². The molecule has 1 N–H and O–H groups in total. The Morgan fingerprint density at radius 1 is 1.38 bits per heavy atom. The molecule has 1 amide bonds. The van der Waals surface area contributed by atoms with Crippen LogP contribution in [0.2, 0.25) is 0 Å². The molecule has 90 valence electrons. The molecule has 1 saturated carbocycles. The minimum absolute atomic E-state index is 0.0205. The fourth-order valence-corrected chi connectivity index (χ4v) is 2.33. The maximum absolute atomic E-state index is 11.6. The van der Waals surface area contributed by atoms with E-state index in [4.69, 9.17) is 5.26 Å². The van der Waals surface area contributed by atoms with E-state index in [1.54, 1.807) is 0 Å². The zero-order valence-electron chi connectivity index (χ0n) is 10.3. The van der Waals surface area contributed by atoms with Crippen molar-refractivity contribution in [1.29, 1.82) is 5.26 Å². The Hall–Kier alpha value is -1.04. The zero-order chi connectivity index (χ0) is 12.0. The van der Waals surface area contributed by atoms with E-state index in [2.05, 4.69) is 11.4 Å². The minimum Gasteiger partial charge on any atom is -0.340 e. The predicted octanol–water partition coefficient (Wildman–Crippen LogP) is 2.62. The summed E-state index contributed by atoms with van der Waals surface area (Å²) >= 11 is 0. The molecule has 1 atom stereocenters. The van der Waals surface area contributed by atoms with Crippen LogP contribution in [0.25, 0.3) is 0 Å². The summed E-state index contributed by atoms with van der Waals surface area (Å²) in [5, 5.41) is 12.0. The lowest BCUT2D eigenvalue weighted by Gasteiger charge is -2.26.